The van der Waals surface area contributed by atoms with E-state index in [1.54, 1.807) is 6.07 Å². The molecule has 116 valence electrons. The molecule has 0 saturated heterocycles. The molecule has 0 atom stereocenters. The maximum Gasteiger partial charge on any atom is 0.311 e. The first-order valence-electron chi connectivity index (χ1n) is 7.40. The summed E-state index contributed by atoms with van der Waals surface area (Å²) in [5, 5.41) is 22.7. The van der Waals surface area contributed by atoms with Crippen LogP contribution in [0.15, 0.2) is 66.7 Å². The van der Waals surface area contributed by atoms with Crippen LogP contribution in [0.3, 0.4) is 0 Å². The number of hydrogen-bond acceptors (Lipinski definition) is 4. The highest BCUT2D eigenvalue weighted by atomic mass is 16.6. The second kappa shape index (κ2) is 5.31. The summed E-state index contributed by atoms with van der Waals surface area (Å²) in [5.74, 6) is -0.341. The van der Waals surface area contributed by atoms with E-state index in [2.05, 4.69) is 4.98 Å². The number of rotatable bonds is 2. The van der Waals surface area contributed by atoms with Gasteiger partial charge in [0.2, 0.25) is 0 Å². The van der Waals surface area contributed by atoms with E-state index in [1.807, 2.05) is 48.5 Å². The van der Waals surface area contributed by atoms with Gasteiger partial charge in [0.05, 0.1) is 16.0 Å². The summed E-state index contributed by atoms with van der Waals surface area (Å²) in [6, 6.07) is 19.8. The number of aromatic nitrogens is 1. The first kappa shape index (κ1) is 14.1. The van der Waals surface area contributed by atoms with Gasteiger partial charge in [0.1, 0.15) is 0 Å². The van der Waals surface area contributed by atoms with Crippen molar-refractivity contribution in [2.24, 2.45) is 0 Å². The summed E-state index contributed by atoms with van der Waals surface area (Å²) in [6.45, 7) is 0. The van der Waals surface area contributed by atoms with Gasteiger partial charge in [-0.25, -0.2) is 4.98 Å². The fourth-order valence-electron chi connectivity index (χ4n) is 2.98. The largest absolute Gasteiger partial charge is 0.502 e. The standard InChI is InChI=1S/C19H12N2O3/c22-18-10-9-12(11-17(18)21(23)24)19-13-5-1-3-7-15(13)20-16-8-4-2-6-14(16)19/h1-11,22H. The van der Waals surface area contributed by atoms with Crippen molar-refractivity contribution in [3.05, 3.63) is 76.8 Å². The minimum Gasteiger partial charge on any atom is -0.502 e. The van der Waals surface area contributed by atoms with Gasteiger partial charge in [-0.3, -0.25) is 10.1 Å². The topological polar surface area (TPSA) is 76.3 Å². The van der Waals surface area contributed by atoms with Crippen molar-refractivity contribution in [2.75, 3.05) is 0 Å². The Morgan fingerprint density at radius 2 is 1.46 bits per heavy atom. The van der Waals surface area contributed by atoms with Crippen LogP contribution < -0.4 is 0 Å². The molecule has 0 aliphatic carbocycles. The Kier molecular flexibility index (Phi) is 3.13. The van der Waals surface area contributed by atoms with E-state index in [9.17, 15) is 15.2 Å². The summed E-state index contributed by atoms with van der Waals surface area (Å²) < 4.78 is 0. The molecular formula is C19H12N2O3. The average Bonchev–Trinajstić information content (AvgIpc) is 2.60. The van der Waals surface area contributed by atoms with Crippen LogP contribution in [0.2, 0.25) is 0 Å². The lowest BCUT2D eigenvalue weighted by Crippen LogP contribution is -1.92. The van der Waals surface area contributed by atoms with Crippen LogP contribution in [0, 0.1) is 10.1 Å². The van der Waals surface area contributed by atoms with Crippen molar-refractivity contribution in [3.63, 3.8) is 0 Å². The van der Waals surface area contributed by atoms with E-state index >= 15 is 0 Å². The van der Waals surface area contributed by atoms with E-state index in [0.29, 0.717) is 5.56 Å². The molecule has 4 aromatic rings. The molecule has 1 heterocycles. The Morgan fingerprint density at radius 3 is 2.04 bits per heavy atom. The number of phenols is 1. The molecule has 3 aromatic carbocycles. The van der Waals surface area contributed by atoms with Gasteiger partial charge < -0.3 is 5.11 Å². The Bertz CT molecular complexity index is 1050. The fraction of sp³-hybridized carbons (Fsp3) is 0. The fourth-order valence-corrected chi connectivity index (χ4v) is 2.98. The maximum atomic E-state index is 11.2. The highest BCUT2D eigenvalue weighted by Gasteiger charge is 2.17. The van der Waals surface area contributed by atoms with Crippen molar-refractivity contribution >= 4 is 27.5 Å². The van der Waals surface area contributed by atoms with Crippen molar-refractivity contribution in [1.29, 1.82) is 0 Å². The minimum absolute atomic E-state index is 0.308. The van der Waals surface area contributed by atoms with Crippen LogP contribution >= 0.6 is 0 Å². The summed E-state index contributed by atoms with van der Waals surface area (Å²) in [6.07, 6.45) is 0. The van der Waals surface area contributed by atoms with E-state index in [-0.39, 0.29) is 11.4 Å². The van der Waals surface area contributed by atoms with Crippen LogP contribution in [0.25, 0.3) is 32.9 Å². The predicted molar refractivity (Wildman–Crippen MR) is 93.0 cm³/mol. The Balaban J connectivity index is 2.15. The molecule has 0 unspecified atom stereocenters. The number of nitro benzene ring substituents is 1. The molecule has 0 fully saturated rings. The van der Waals surface area contributed by atoms with Crippen LogP contribution in [0.5, 0.6) is 5.75 Å². The number of aromatic hydroxyl groups is 1. The minimum atomic E-state index is -0.579. The normalized spacial score (nSPS) is 11.0. The lowest BCUT2D eigenvalue weighted by Gasteiger charge is -2.11. The maximum absolute atomic E-state index is 11.2. The zero-order chi connectivity index (χ0) is 16.7. The summed E-state index contributed by atoms with van der Waals surface area (Å²) >= 11 is 0. The lowest BCUT2D eigenvalue weighted by atomic mass is 9.96. The lowest BCUT2D eigenvalue weighted by molar-refractivity contribution is -0.385. The summed E-state index contributed by atoms with van der Waals surface area (Å²) in [7, 11) is 0. The smallest absolute Gasteiger partial charge is 0.311 e. The van der Waals surface area contributed by atoms with Gasteiger partial charge in [-0.15, -0.1) is 0 Å². The van der Waals surface area contributed by atoms with Gasteiger partial charge in [0.25, 0.3) is 0 Å². The molecule has 0 aliphatic heterocycles. The molecule has 0 bridgehead atoms. The van der Waals surface area contributed by atoms with E-state index in [0.717, 1.165) is 27.4 Å². The molecule has 5 nitrogen and oxygen atoms in total. The van der Waals surface area contributed by atoms with Gasteiger partial charge in [0, 0.05) is 22.4 Å². The second-order valence-electron chi connectivity index (χ2n) is 5.48. The third-order valence-corrected chi connectivity index (χ3v) is 4.05. The van der Waals surface area contributed by atoms with E-state index < -0.39 is 4.92 Å². The van der Waals surface area contributed by atoms with Gasteiger partial charge >= 0.3 is 5.69 Å². The van der Waals surface area contributed by atoms with E-state index in [4.69, 9.17) is 0 Å². The molecule has 0 saturated carbocycles. The summed E-state index contributed by atoms with van der Waals surface area (Å²) in [4.78, 5) is 15.2. The molecule has 5 heteroatoms. The zero-order valence-corrected chi connectivity index (χ0v) is 12.5. The molecule has 0 radical (unpaired) electrons. The number of hydrogen-bond donors (Lipinski definition) is 1. The molecule has 24 heavy (non-hydrogen) atoms. The quantitative estimate of drug-likeness (QED) is 0.331. The number of nitro groups is 1. The first-order chi connectivity index (χ1) is 11.6. The van der Waals surface area contributed by atoms with Crippen molar-refractivity contribution in [3.8, 4) is 16.9 Å². The van der Waals surface area contributed by atoms with Crippen molar-refractivity contribution in [1.82, 2.24) is 4.98 Å². The van der Waals surface area contributed by atoms with Gasteiger partial charge in [-0.2, -0.15) is 0 Å². The number of para-hydroxylation sites is 2. The van der Waals surface area contributed by atoms with Crippen LogP contribution in [0.1, 0.15) is 0 Å². The highest BCUT2D eigenvalue weighted by Crippen LogP contribution is 2.38. The Morgan fingerprint density at radius 1 is 0.875 bits per heavy atom. The number of fused-ring (bicyclic) bond motifs is 2. The van der Waals surface area contributed by atoms with E-state index in [1.165, 1.54) is 12.1 Å². The predicted octanol–water partition coefficient (Wildman–Crippen LogP) is 4.67. The third kappa shape index (κ3) is 2.14. The number of phenolic OH excluding ortho intramolecular Hbond substituents is 1. The van der Waals surface area contributed by atoms with Crippen LogP contribution in [0.4, 0.5) is 5.69 Å². The SMILES string of the molecule is O=[N+]([O-])c1cc(-c2c3ccccc3nc3ccccc23)ccc1O. The molecular weight excluding hydrogens is 304 g/mol. The average molecular weight is 316 g/mol. The van der Waals surface area contributed by atoms with Gasteiger partial charge in [0.15, 0.2) is 5.75 Å². The molecule has 1 aromatic heterocycles. The number of benzene rings is 3. The van der Waals surface area contributed by atoms with Crippen LogP contribution in [-0.4, -0.2) is 15.0 Å². The molecule has 0 aliphatic rings. The van der Waals surface area contributed by atoms with Crippen molar-refractivity contribution in [2.45, 2.75) is 0 Å². The first-order valence-corrected chi connectivity index (χ1v) is 7.40. The second-order valence-corrected chi connectivity index (χ2v) is 5.48. The summed E-state index contributed by atoms with van der Waals surface area (Å²) in [5.41, 5.74) is 2.88. The third-order valence-electron chi connectivity index (χ3n) is 4.05. The molecule has 0 spiro atoms. The molecule has 4 rings (SSSR count). The Hall–Kier alpha value is -3.47. The molecule has 1 N–H and O–H groups in total. The zero-order valence-electron chi connectivity index (χ0n) is 12.5. The number of nitrogens with zero attached hydrogens (tertiary/aromatic N) is 2. The highest BCUT2D eigenvalue weighted by molar-refractivity contribution is 6.09. The molecule has 0 amide bonds. The van der Waals surface area contributed by atoms with Gasteiger partial charge in [-0.1, -0.05) is 42.5 Å². The van der Waals surface area contributed by atoms with Crippen LogP contribution in [-0.2, 0) is 0 Å². The Labute approximate surface area is 137 Å². The number of pyridine rings is 1. The van der Waals surface area contributed by atoms with Gasteiger partial charge in [-0.05, 0) is 23.8 Å². The monoisotopic (exact) mass is 316 g/mol. The van der Waals surface area contributed by atoms with Crippen molar-refractivity contribution < 1.29 is 10.0 Å².